The summed E-state index contributed by atoms with van der Waals surface area (Å²) in [5.41, 5.74) is 5.14. The summed E-state index contributed by atoms with van der Waals surface area (Å²) in [6.45, 7) is 2.06. The fourth-order valence-corrected chi connectivity index (χ4v) is 4.11. The van der Waals surface area contributed by atoms with Gasteiger partial charge in [0, 0.05) is 11.3 Å². The van der Waals surface area contributed by atoms with Crippen LogP contribution in [0.15, 0.2) is 58.2 Å². The summed E-state index contributed by atoms with van der Waals surface area (Å²) in [6, 6.07) is 16.8. The molecular formula is C19H18N2OS. The van der Waals surface area contributed by atoms with Crippen molar-refractivity contribution >= 4 is 11.8 Å². The fourth-order valence-electron chi connectivity index (χ4n) is 3.18. The van der Waals surface area contributed by atoms with Crippen LogP contribution in [0, 0.1) is 6.92 Å². The van der Waals surface area contributed by atoms with Crippen molar-refractivity contribution in [1.29, 1.82) is 0 Å². The first kappa shape index (κ1) is 14.5. The molecule has 0 saturated heterocycles. The molecule has 0 saturated carbocycles. The molecule has 0 N–H and O–H groups in total. The summed E-state index contributed by atoms with van der Waals surface area (Å²) in [7, 11) is 0. The number of thioether (sulfide) groups is 1. The van der Waals surface area contributed by atoms with Crippen molar-refractivity contribution in [2.45, 2.75) is 30.9 Å². The lowest BCUT2D eigenvalue weighted by atomic mass is 10.0. The van der Waals surface area contributed by atoms with Crippen molar-refractivity contribution in [3.8, 4) is 11.5 Å². The van der Waals surface area contributed by atoms with Crippen molar-refractivity contribution in [2.75, 3.05) is 5.75 Å². The van der Waals surface area contributed by atoms with Gasteiger partial charge in [-0.15, -0.1) is 10.2 Å². The molecule has 1 aromatic heterocycles. The highest BCUT2D eigenvalue weighted by Gasteiger charge is 2.23. The zero-order chi connectivity index (χ0) is 15.6. The second-order valence-corrected chi connectivity index (χ2v) is 6.90. The highest BCUT2D eigenvalue weighted by molar-refractivity contribution is 7.99. The van der Waals surface area contributed by atoms with Crippen molar-refractivity contribution in [1.82, 2.24) is 10.2 Å². The monoisotopic (exact) mass is 322 g/mol. The van der Waals surface area contributed by atoms with Crippen LogP contribution in [-0.2, 0) is 6.42 Å². The van der Waals surface area contributed by atoms with Gasteiger partial charge in [-0.3, -0.25) is 0 Å². The summed E-state index contributed by atoms with van der Waals surface area (Å²) in [5.74, 6) is 2.19. The molecule has 0 radical (unpaired) electrons. The van der Waals surface area contributed by atoms with Crippen LogP contribution >= 0.6 is 11.8 Å². The fraction of sp³-hybridized carbons (Fsp3) is 0.263. The first-order chi connectivity index (χ1) is 11.3. The number of rotatable bonds is 4. The molecule has 0 spiro atoms. The number of nitrogens with zero attached hydrogens (tertiary/aromatic N) is 2. The maximum atomic E-state index is 5.84. The minimum Gasteiger partial charge on any atom is -0.411 e. The van der Waals surface area contributed by atoms with E-state index in [0.29, 0.717) is 17.0 Å². The number of hydrogen-bond acceptors (Lipinski definition) is 4. The lowest BCUT2D eigenvalue weighted by molar-refractivity contribution is 0.465. The van der Waals surface area contributed by atoms with E-state index in [2.05, 4.69) is 47.5 Å². The Hall–Kier alpha value is -2.07. The summed E-state index contributed by atoms with van der Waals surface area (Å²) in [6.07, 6.45) is 2.39. The van der Waals surface area contributed by atoms with Crippen LogP contribution in [-0.4, -0.2) is 16.0 Å². The molecule has 3 nitrogen and oxygen atoms in total. The van der Waals surface area contributed by atoms with Crippen LogP contribution in [0.5, 0.6) is 0 Å². The number of aryl methyl sites for hydroxylation is 2. The Kier molecular flexibility index (Phi) is 3.92. The second kappa shape index (κ2) is 6.20. The van der Waals surface area contributed by atoms with Gasteiger partial charge in [-0.2, -0.15) is 0 Å². The highest BCUT2D eigenvalue weighted by Crippen LogP contribution is 2.37. The molecule has 116 valence electrons. The number of fused-ring (bicyclic) bond motifs is 1. The van der Waals surface area contributed by atoms with Gasteiger partial charge in [0.15, 0.2) is 0 Å². The van der Waals surface area contributed by atoms with Crippen LogP contribution in [0.2, 0.25) is 0 Å². The lowest BCUT2D eigenvalue weighted by Crippen LogP contribution is -1.96. The highest BCUT2D eigenvalue weighted by atomic mass is 32.2. The Morgan fingerprint density at radius 1 is 1.09 bits per heavy atom. The largest absolute Gasteiger partial charge is 0.411 e. The molecule has 0 fully saturated rings. The normalized spacial score (nSPS) is 16.5. The second-order valence-electron chi connectivity index (χ2n) is 5.93. The number of benzene rings is 2. The van der Waals surface area contributed by atoms with Crippen LogP contribution in [0.25, 0.3) is 11.5 Å². The van der Waals surface area contributed by atoms with Crippen molar-refractivity contribution in [3.05, 3.63) is 65.2 Å². The van der Waals surface area contributed by atoms with E-state index in [-0.39, 0.29) is 0 Å². The standard InChI is InChI=1S/C19H18N2OS/c1-13-6-2-4-8-16(13)18-20-21-19(22-18)23-12-15-11-10-14-7-3-5-9-17(14)15/h2-9,15H,10-12H2,1H3/t15-/m0/s1. The predicted octanol–water partition coefficient (Wildman–Crippen LogP) is 4.87. The third-order valence-corrected chi connectivity index (χ3v) is 5.43. The minimum atomic E-state index is 0.588. The Balaban J connectivity index is 1.46. The van der Waals surface area contributed by atoms with E-state index in [1.54, 1.807) is 11.8 Å². The maximum absolute atomic E-state index is 5.84. The van der Waals surface area contributed by atoms with Crippen LogP contribution in [0.3, 0.4) is 0 Å². The minimum absolute atomic E-state index is 0.588. The number of aromatic nitrogens is 2. The van der Waals surface area contributed by atoms with E-state index in [1.807, 2.05) is 18.2 Å². The molecule has 1 heterocycles. The Morgan fingerprint density at radius 3 is 2.83 bits per heavy atom. The van der Waals surface area contributed by atoms with Crippen LogP contribution in [0.1, 0.15) is 29.0 Å². The van der Waals surface area contributed by atoms with Gasteiger partial charge in [-0.25, -0.2) is 0 Å². The molecule has 2 aromatic carbocycles. The van der Waals surface area contributed by atoms with Gasteiger partial charge in [0.2, 0.25) is 5.89 Å². The van der Waals surface area contributed by atoms with E-state index in [4.69, 9.17) is 4.42 Å². The van der Waals surface area contributed by atoms with E-state index in [1.165, 1.54) is 24.0 Å². The third-order valence-electron chi connectivity index (χ3n) is 4.45. The third kappa shape index (κ3) is 2.91. The van der Waals surface area contributed by atoms with Gasteiger partial charge in [0.05, 0.1) is 0 Å². The lowest BCUT2D eigenvalue weighted by Gasteiger charge is -2.08. The quantitative estimate of drug-likeness (QED) is 0.643. The summed E-state index contributed by atoms with van der Waals surface area (Å²) in [5, 5.41) is 9.06. The maximum Gasteiger partial charge on any atom is 0.276 e. The van der Waals surface area contributed by atoms with Gasteiger partial charge in [0.25, 0.3) is 5.22 Å². The molecule has 1 aliphatic rings. The van der Waals surface area contributed by atoms with Gasteiger partial charge >= 0.3 is 0 Å². The molecule has 4 rings (SSSR count). The van der Waals surface area contributed by atoms with Crippen LogP contribution in [0.4, 0.5) is 0 Å². The van der Waals surface area contributed by atoms with Crippen molar-refractivity contribution < 1.29 is 4.42 Å². The number of hydrogen-bond donors (Lipinski definition) is 0. The first-order valence-electron chi connectivity index (χ1n) is 7.91. The Labute approximate surface area is 140 Å². The Bertz CT molecular complexity index is 827. The molecule has 0 bridgehead atoms. The van der Waals surface area contributed by atoms with Gasteiger partial charge in [0.1, 0.15) is 0 Å². The van der Waals surface area contributed by atoms with E-state index < -0.39 is 0 Å². The summed E-state index contributed by atoms with van der Waals surface area (Å²) in [4.78, 5) is 0. The molecule has 1 atom stereocenters. The summed E-state index contributed by atoms with van der Waals surface area (Å²) < 4.78 is 5.84. The molecule has 0 unspecified atom stereocenters. The van der Waals surface area contributed by atoms with E-state index in [0.717, 1.165) is 16.9 Å². The van der Waals surface area contributed by atoms with Gasteiger partial charge < -0.3 is 4.42 Å². The molecule has 0 amide bonds. The van der Waals surface area contributed by atoms with Gasteiger partial charge in [-0.05, 0) is 48.4 Å². The molecule has 0 aliphatic heterocycles. The average Bonchev–Trinajstić information content (AvgIpc) is 3.20. The average molecular weight is 322 g/mol. The zero-order valence-electron chi connectivity index (χ0n) is 13.0. The van der Waals surface area contributed by atoms with Crippen LogP contribution < -0.4 is 0 Å². The topological polar surface area (TPSA) is 38.9 Å². The molecule has 4 heteroatoms. The van der Waals surface area contributed by atoms with Gasteiger partial charge in [-0.1, -0.05) is 54.2 Å². The van der Waals surface area contributed by atoms with Crippen molar-refractivity contribution in [2.24, 2.45) is 0 Å². The smallest absolute Gasteiger partial charge is 0.276 e. The molecule has 3 aromatic rings. The first-order valence-corrected chi connectivity index (χ1v) is 8.90. The SMILES string of the molecule is Cc1ccccc1-c1nnc(SC[C@@H]2CCc3ccccc32)o1. The molecular weight excluding hydrogens is 304 g/mol. The molecule has 1 aliphatic carbocycles. The van der Waals surface area contributed by atoms with Crippen molar-refractivity contribution in [3.63, 3.8) is 0 Å². The Morgan fingerprint density at radius 2 is 1.91 bits per heavy atom. The van der Waals surface area contributed by atoms with E-state index >= 15 is 0 Å². The molecule has 23 heavy (non-hydrogen) atoms. The van der Waals surface area contributed by atoms with E-state index in [9.17, 15) is 0 Å². The predicted molar refractivity (Wildman–Crippen MR) is 92.7 cm³/mol. The summed E-state index contributed by atoms with van der Waals surface area (Å²) >= 11 is 1.66. The zero-order valence-corrected chi connectivity index (χ0v) is 13.8.